The summed E-state index contributed by atoms with van der Waals surface area (Å²) in [5.74, 6) is -0.290. The number of benzene rings is 2. The number of carbonyl (C=O) groups is 1. The quantitative estimate of drug-likeness (QED) is 0.822. The van der Waals surface area contributed by atoms with Gasteiger partial charge in [-0.15, -0.1) is 0 Å². The van der Waals surface area contributed by atoms with Gasteiger partial charge in [0, 0.05) is 16.4 Å². The van der Waals surface area contributed by atoms with Gasteiger partial charge < -0.3 is 11.1 Å². The lowest BCUT2D eigenvalue weighted by Gasteiger charge is -2.07. The van der Waals surface area contributed by atoms with E-state index in [0.29, 0.717) is 27.0 Å². The zero-order chi connectivity index (χ0) is 13.1. The Bertz CT molecular complexity index is 582. The molecule has 0 heterocycles. The van der Waals surface area contributed by atoms with Crippen LogP contribution in [0.1, 0.15) is 10.4 Å². The van der Waals surface area contributed by atoms with Crippen molar-refractivity contribution >= 4 is 40.5 Å². The summed E-state index contributed by atoms with van der Waals surface area (Å²) in [6.45, 7) is 0. The smallest absolute Gasteiger partial charge is 0.257 e. The van der Waals surface area contributed by atoms with Crippen LogP contribution in [-0.2, 0) is 0 Å². The molecule has 0 saturated heterocycles. The molecule has 0 saturated carbocycles. The van der Waals surface area contributed by atoms with Crippen molar-refractivity contribution in [3.05, 3.63) is 58.1 Å². The predicted molar refractivity (Wildman–Crippen MR) is 75.3 cm³/mol. The Morgan fingerprint density at radius 2 is 1.72 bits per heavy atom. The van der Waals surface area contributed by atoms with E-state index in [9.17, 15) is 4.79 Å². The molecule has 92 valence electrons. The Hall–Kier alpha value is -1.71. The molecule has 5 heteroatoms. The molecule has 2 aromatic carbocycles. The van der Waals surface area contributed by atoms with E-state index in [0.717, 1.165) is 0 Å². The van der Waals surface area contributed by atoms with Crippen molar-refractivity contribution in [2.24, 2.45) is 0 Å². The Kier molecular flexibility index (Phi) is 3.75. The number of hydrogen-bond donors (Lipinski definition) is 2. The average molecular weight is 281 g/mol. The number of nitrogens with one attached hydrogen (secondary N) is 1. The highest BCUT2D eigenvalue weighted by Gasteiger charge is 2.10. The monoisotopic (exact) mass is 280 g/mol. The van der Waals surface area contributed by atoms with Crippen LogP contribution in [0.3, 0.4) is 0 Å². The molecule has 0 atom stereocenters. The number of hydrogen-bond acceptors (Lipinski definition) is 2. The molecule has 3 N–H and O–H groups in total. The molecular weight excluding hydrogens is 271 g/mol. The highest BCUT2D eigenvalue weighted by Crippen LogP contribution is 2.21. The maximum Gasteiger partial charge on any atom is 0.257 e. The van der Waals surface area contributed by atoms with Gasteiger partial charge in [-0.05, 0) is 42.5 Å². The molecule has 1 amide bonds. The van der Waals surface area contributed by atoms with E-state index in [-0.39, 0.29) is 5.91 Å². The van der Waals surface area contributed by atoms with Gasteiger partial charge in [0.15, 0.2) is 0 Å². The van der Waals surface area contributed by atoms with Crippen LogP contribution in [0.15, 0.2) is 42.5 Å². The van der Waals surface area contributed by atoms with E-state index in [2.05, 4.69) is 5.32 Å². The first-order valence-corrected chi connectivity index (χ1v) is 5.94. The molecule has 18 heavy (non-hydrogen) atoms. The Morgan fingerprint density at radius 1 is 1.06 bits per heavy atom. The Balaban J connectivity index is 2.19. The van der Waals surface area contributed by atoms with E-state index < -0.39 is 0 Å². The molecule has 0 aliphatic heterocycles. The molecule has 0 radical (unpaired) electrons. The summed E-state index contributed by atoms with van der Waals surface area (Å²) in [5, 5.41) is 3.65. The minimum Gasteiger partial charge on any atom is -0.399 e. The lowest BCUT2D eigenvalue weighted by Crippen LogP contribution is -2.12. The zero-order valence-electron chi connectivity index (χ0n) is 9.28. The maximum absolute atomic E-state index is 12.0. The van der Waals surface area contributed by atoms with Gasteiger partial charge in [-0.3, -0.25) is 4.79 Å². The van der Waals surface area contributed by atoms with E-state index in [4.69, 9.17) is 28.9 Å². The van der Waals surface area contributed by atoms with Crippen LogP contribution >= 0.6 is 23.2 Å². The number of rotatable bonds is 2. The van der Waals surface area contributed by atoms with Crippen molar-refractivity contribution in [2.75, 3.05) is 11.1 Å². The second-order valence-electron chi connectivity index (χ2n) is 3.70. The number of amides is 1. The molecule has 0 aliphatic carbocycles. The van der Waals surface area contributed by atoms with Crippen LogP contribution in [0.2, 0.25) is 10.0 Å². The van der Waals surface area contributed by atoms with Gasteiger partial charge in [-0.25, -0.2) is 0 Å². The van der Waals surface area contributed by atoms with Crippen LogP contribution in [0.5, 0.6) is 0 Å². The van der Waals surface area contributed by atoms with Crippen LogP contribution in [0.4, 0.5) is 11.4 Å². The topological polar surface area (TPSA) is 55.1 Å². The van der Waals surface area contributed by atoms with E-state index in [1.54, 1.807) is 42.5 Å². The number of nitrogen functional groups attached to an aromatic ring is 1. The van der Waals surface area contributed by atoms with Crippen LogP contribution in [0, 0.1) is 0 Å². The molecular formula is C13H10Cl2N2O. The number of nitrogens with two attached hydrogens (primary N) is 1. The summed E-state index contributed by atoms with van der Waals surface area (Å²) in [4.78, 5) is 12.0. The first-order valence-electron chi connectivity index (χ1n) is 5.18. The van der Waals surface area contributed by atoms with Gasteiger partial charge in [0.05, 0.1) is 10.6 Å². The molecule has 3 nitrogen and oxygen atoms in total. The van der Waals surface area contributed by atoms with Crippen molar-refractivity contribution < 1.29 is 4.79 Å². The lowest BCUT2D eigenvalue weighted by atomic mass is 10.2. The summed E-state index contributed by atoms with van der Waals surface area (Å²) in [6, 6.07) is 11.6. The second-order valence-corrected chi connectivity index (χ2v) is 4.54. The fourth-order valence-electron chi connectivity index (χ4n) is 1.45. The lowest BCUT2D eigenvalue weighted by molar-refractivity contribution is 0.102. The molecule has 0 bridgehead atoms. The largest absolute Gasteiger partial charge is 0.399 e. The molecule has 0 aromatic heterocycles. The molecule has 2 aromatic rings. The number of anilines is 2. The highest BCUT2D eigenvalue weighted by atomic mass is 35.5. The summed E-state index contributed by atoms with van der Waals surface area (Å²) in [7, 11) is 0. The van der Waals surface area contributed by atoms with E-state index in [1.807, 2.05) is 0 Å². The molecule has 0 aliphatic rings. The van der Waals surface area contributed by atoms with Gasteiger partial charge >= 0.3 is 0 Å². The SMILES string of the molecule is Nc1ccc(C(=O)Nc2ccc(Cl)cc2)c(Cl)c1. The predicted octanol–water partition coefficient (Wildman–Crippen LogP) is 3.83. The first-order chi connectivity index (χ1) is 8.56. The zero-order valence-corrected chi connectivity index (χ0v) is 10.8. The van der Waals surface area contributed by atoms with Gasteiger partial charge in [-0.1, -0.05) is 23.2 Å². The van der Waals surface area contributed by atoms with E-state index in [1.165, 1.54) is 0 Å². The van der Waals surface area contributed by atoms with Crippen molar-refractivity contribution in [3.63, 3.8) is 0 Å². The fraction of sp³-hybridized carbons (Fsp3) is 0. The standard InChI is InChI=1S/C13H10Cl2N2O/c14-8-1-4-10(5-2-8)17-13(18)11-6-3-9(16)7-12(11)15/h1-7H,16H2,(H,17,18). The molecule has 0 unspecified atom stereocenters. The first kappa shape index (κ1) is 12.7. The second kappa shape index (κ2) is 5.29. The normalized spacial score (nSPS) is 10.1. The maximum atomic E-state index is 12.0. The third-order valence-electron chi connectivity index (χ3n) is 2.34. The number of carbonyl (C=O) groups excluding carboxylic acids is 1. The third-order valence-corrected chi connectivity index (χ3v) is 2.90. The summed E-state index contributed by atoms with van der Waals surface area (Å²) in [6.07, 6.45) is 0. The molecule has 2 rings (SSSR count). The minimum atomic E-state index is -0.290. The van der Waals surface area contributed by atoms with Gasteiger partial charge in [0.25, 0.3) is 5.91 Å². The molecule has 0 spiro atoms. The van der Waals surface area contributed by atoms with Crippen molar-refractivity contribution in [3.8, 4) is 0 Å². The van der Waals surface area contributed by atoms with Crippen molar-refractivity contribution in [1.29, 1.82) is 0 Å². The average Bonchev–Trinajstić information content (AvgIpc) is 2.32. The Morgan fingerprint density at radius 3 is 2.33 bits per heavy atom. The summed E-state index contributed by atoms with van der Waals surface area (Å²) < 4.78 is 0. The Labute approximate surface area is 115 Å². The number of halogens is 2. The van der Waals surface area contributed by atoms with Crippen LogP contribution < -0.4 is 11.1 Å². The summed E-state index contributed by atoms with van der Waals surface area (Å²) in [5.41, 5.74) is 7.11. The van der Waals surface area contributed by atoms with Crippen LogP contribution in [0.25, 0.3) is 0 Å². The summed E-state index contributed by atoms with van der Waals surface area (Å²) >= 11 is 11.7. The van der Waals surface area contributed by atoms with E-state index >= 15 is 0 Å². The van der Waals surface area contributed by atoms with Crippen molar-refractivity contribution in [2.45, 2.75) is 0 Å². The highest BCUT2D eigenvalue weighted by molar-refractivity contribution is 6.34. The fourth-order valence-corrected chi connectivity index (χ4v) is 1.85. The van der Waals surface area contributed by atoms with Crippen molar-refractivity contribution in [1.82, 2.24) is 0 Å². The van der Waals surface area contributed by atoms with Gasteiger partial charge in [0.1, 0.15) is 0 Å². The van der Waals surface area contributed by atoms with Crippen LogP contribution in [-0.4, -0.2) is 5.91 Å². The third kappa shape index (κ3) is 2.94. The van der Waals surface area contributed by atoms with Gasteiger partial charge in [0.2, 0.25) is 0 Å². The van der Waals surface area contributed by atoms with Gasteiger partial charge in [-0.2, -0.15) is 0 Å². The minimum absolute atomic E-state index is 0.290. The molecule has 0 fully saturated rings.